The van der Waals surface area contributed by atoms with Gasteiger partial charge < -0.3 is 9.32 Å². The monoisotopic (exact) mass is 314 g/mol. The molecule has 0 spiro atoms. The van der Waals surface area contributed by atoms with Gasteiger partial charge in [0.1, 0.15) is 11.5 Å². The van der Waals surface area contributed by atoms with Crippen molar-refractivity contribution in [2.45, 2.75) is 13.8 Å². The van der Waals surface area contributed by atoms with E-state index in [0.29, 0.717) is 30.2 Å². The largest absolute Gasteiger partial charge is 0.457 e. The Morgan fingerprint density at radius 3 is 2.65 bits per heavy atom. The number of nitrogens with zero attached hydrogens (tertiary/aromatic N) is 2. The number of hydrogen-bond donors (Lipinski definition) is 0. The van der Waals surface area contributed by atoms with Crippen LogP contribution in [0, 0.1) is 10.1 Å². The van der Waals surface area contributed by atoms with Gasteiger partial charge in [-0.1, -0.05) is 12.1 Å². The molecule has 0 aliphatic rings. The maximum absolute atomic E-state index is 11.9. The van der Waals surface area contributed by atoms with Gasteiger partial charge in [-0.3, -0.25) is 14.9 Å². The van der Waals surface area contributed by atoms with Crippen LogP contribution in [0.25, 0.3) is 17.4 Å². The lowest BCUT2D eigenvalue weighted by Gasteiger charge is -2.15. The molecule has 2 rings (SSSR count). The Morgan fingerprint density at radius 1 is 1.26 bits per heavy atom. The number of nitro groups is 1. The molecule has 23 heavy (non-hydrogen) atoms. The SMILES string of the molecule is CCN(CC)C(=O)C=Cc1ccc(-c2cccc([N+](=O)[O-])c2)o1. The molecule has 0 unspecified atom stereocenters. The summed E-state index contributed by atoms with van der Waals surface area (Å²) in [6.07, 6.45) is 3.06. The number of likely N-dealkylation sites (N-methyl/N-ethyl adjacent to an activating group) is 1. The molecule has 0 atom stereocenters. The first-order valence-corrected chi connectivity index (χ1v) is 7.36. The second-order valence-electron chi connectivity index (χ2n) is 4.85. The molecule has 1 amide bonds. The van der Waals surface area contributed by atoms with Gasteiger partial charge in [0.15, 0.2) is 0 Å². The number of amides is 1. The van der Waals surface area contributed by atoms with Crippen molar-refractivity contribution in [2.75, 3.05) is 13.1 Å². The minimum Gasteiger partial charge on any atom is -0.457 e. The third-order valence-electron chi connectivity index (χ3n) is 3.43. The number of carbonyl (C=O) groups excluding carboxylic acids is 1. The van der Waals surface area contributed by atoms with Gasteiger partial charge in [-0.2, -0.15) is 0 Å². The van der Waals surface area contributed by atoms with E-state index in [0.717, 1.165) is 0 Å². The van der Waals surface area contributed by atoms with Crippen LogP contribution in [0.2, 0.25) is 0 Å². The Bertz CT molecular complexity index is 730. The summed E-state index contributed by atoms with van der Waals surface area (Å²) in [6, 6.07) is 9.67. The second kappa shape index (κ2) is 7.40. The normalized spacial score (nSPS) is 10.9. The van der Waals surface area contributed by atoms with Crippen molar-refractivity contribution in [3.8, 4) is 11.3 Å². The quantitative estimate of drug-likeness (QED) is 0.462. The molecule has 0 fully saturated rings. The molecule has 1 aromatic carbocycles. The first-order valence-electron chi connectivity index (χ1n) is 7.36. The molecule has 1 aromatic heterocycles. The molecular formula is C17H18N2O4. The summed E-state index contributed by atoms with van der Waals surface area (Å²) in [5.41, 5.74) is 0.627. The molecule has 120 valence electrons. The topological polar surface area (TPSA) is 76.6 Å². The van der Waals surface area contributed by atoms with Gasteiger partial charge in [0, 0.05) is 36.9 Å². The molecule has 0 saturated heterocycles. The summed E-state index contributed by atoms with van der Waals surface area (Å²) in [5.74, 6) is 0.957. The number of hydrogen-bond acceptors (Lipinski definition) is 4. The van der Waals surface area contributed by atoms with E-state index in [4.69, 9.17) is 4.42 Å². The first kappa shape index (κ1) is 16.5. The Morgan fingerprint density at radius 2 is 2.00 bits per heavy atom. The fourth-order valence-electron chi connectivity index (χ4n) is 2.16. The average Bonchev–Trinajstić information content (AvgIpc) is 3.03. The van der Waals surface area contributed by atoms with Crippen LogP contribution in [0.3, 0.4) is 0 Å². The third-order valence-corrected chi connectivity index (χ3v) is 3.43. The Balaban J connectivity index is 2.16. The van der Waals surface area contributed by atoms with E-state index in [1.807, 2.05) is 13.8 Å². The van der Waals surface area contributed by atoms with Crippen molar-refractivity contribution in [1.82, 2.24) is 4.90 Å². The molecule has 0 bridgehead atoms. The smallest absolute Gasteiger partial charge is 0.270 e. The van der Waals surface area contributed by atoms with Crippen molar-refractivity contribution < 1.29 is 14.1 Å². The van der Waals surface area contributed by atoms with Crippen LogP contribution in [0.15, 0.2) is 46.9 Å². The fourth-order valence-corrected chi connectivity index (χ4v) is 2.16. The Kier molecular flexibility index (Phi) is 5.30. The average molecular weight is 314 g/mol. The van der Waals surface area contributed by atoms with Gasteiger partial charge in [0.05, 0.1) is 4.92 Å². The van der Waals surface area contributed by atoms with E-state index in [-0.39, 0.29) is 11.6 Å². The van der Waals surface area contributed by atoms with Crippen LogP contribution in [0.1, 0.15) is 19.6 Å². The van der Waals surface area contributed by atoms with Gasteiger partial charge in [0.25, 0.3) is 5.69 Å². The van der Waals surface area contributed by atoms with Gasteiger partial charge in [-0.25, -0.2) is 0 Å². The van der Waals surface area contributed by atoms with E-state index in [2.05, 4.69) is 0 Å². The second-order valence-corrected chi connectivity index (χ2v) is 4.85. The van der Waals surface area contributed by atoms with Crippen LogP contribution in [0.4, 0.5) is 5.69 Å². The van der Waals surface area contributed by atoms with Gasteiger partial charge in [0.2, 0.25) is 5.91 Å². The van der Waals surface area contributed by atoms with Gasteiger partial charge in [-0.05, 0) is 32.1 Å². The third kappa shape index (κ3) is 4.06. The molecule has 0 radical (unpaired) electrons. The van der Waals surface area contributed by atoms with E-state index < -0.39 is 4.92 Å². The number of rotatable bonds is 6. The molecule has 0 N–H and O–H groups in total. The lowest BCUT2D eigenvalue weighted by molar-refractivity contribution is -0.384. The van der Waals surface area contributed by atoms with Crippen LogP contribution in [-0.4, -0.2) is 28.8 Å². The zero-order valence-electron chi connectivity index (χ0n) is 13.1. The highest BCUT2D eigenvalue weighted by molar-refractivity contribution is 5.91. The molecule has 1 heterocycles. The number of benzene rings is 1. The molecule has 0 saturated carbocycles. The highest BCUT2D eigenvalue weighted by atomic mass is 16.6. The molecule has 6 heteroatoms. The van der Waals surface area contributed by atoms with E-state index in [9.17, 15) is 14.9 Å². The van der Waals surface area contributed by atoms with E-state index in [1.165, 1.54) is 18.2 Å². The summed E-state index contributed by atoms with van der Waals surface area (Å²) < 4.78 is 5.62. The van der Waals surface area contributed by atoms with Gasteiger partial charge in [-0.15, -0.1) is 0 Å². The summed E-state index contributed by atoms with van der Waals surface area (Å²) in [7, 11) is 0. The maximum Gasteiger partial charge on any atom is 0.270 e. The number of nitro benzene ring substituents is 1. The molecule has 2 aromatic rings. The Hall–Kier alpha value is -2.89. The summed E-state index contributed by atoms with van der Waals surface area (Å²) in [5, 5.41) is 10.8. The lowest BCUT2D eigenvalue weighted by Crippen LogP contribution is -2.28. The predicted octanol–water partition coefficient (Wildman–Crippen LogP) is 3.74. The van der Waals surface area contributed by atoms with Crippen LogP contribution < -0.4 is 0 Å². The predicted molar refractivity (Wildman–Crippen MR) is 87.8 cm³/mol. The highest BCUT2D eigenvalue weighted by Gasteiger charge is 2.10. The van der Waals surface area contributed by atoms with Crippen molar-refractivity contribution in [3.05, 3.63) is 58.3 Å². The van der Waals surface area contributed by atoms with Crippen molar-refractivity contribution in [3.63, 3.8) is 0 Å². The minimum atomic E-state index is -0.448. The Labute approximate surface area is 134 Å². The summed E-state index contributed by atoms with van der Waals surface area (Å²) >= 11 is 0. The maximum atomic E-state index is 11.9. The van der Waals surface area contributed by atoms with Gasteiger partial charge >= 0.3 is 0 Å². The van der Waals surface area contributed by atoms with E-state index >= 15 is 0 Å². The van der Waals surface area contributed by atoms with Crippen molar-refractivity contribution >= 4 is 17.7 Å². The van der Waals surface area contributed by atoms with Crippen molar-refractivity contribution in [2.24, 2.45) is 0 Å². The molecule has 0 aliphatic heterocycles. The first-order chi connectivity index (χ1) is 11.0. The van der Waals surface area contributed by atoms with Crippen LogP contribution >= 0.6 is 0 Å². The molecule has 6 nitrogen and oxygen atoms in total. The number of non-ortho nitro benzene ring substituents is 1. The van der Waals surface area contributed by atoms with Crippen molar-refractivity contribution in [1.29, 1.82) is 0 Å². The fraction of sp³-hybridized carbons (Fsp3) is 0.235. The lowest BCUT2D eigenvalue weighted by atomic mass is 10.1. The highest BCUT2D eigenvalue weighted by Crippen LogP contribution is 2.26. The number of furan rings is 1. The van der Waals surface area contributed by atoms with Crippen LogP contribution in [0.5, 0.6) is 0 Å². The summed E-state index contributed by atoms with van der Waals surface area (Å²) in [4.78, 5) is 24.0. The van der Waals surface area contributed by atoms with E-state index in [1.54, 1.807) is 35.2 Å². The summed E-state index contributed by atoms with van der Waals surface area (Å²) in [6.45, 7) is 5.14. The molecular weight excluding hydrogens is 296 g/mol. The molecule has 0 aliphatic carbocycles. The zero-order chi connectivity index (χ0) is 16.8. The van der Waals surface area contributed by atoms with Crippen LogP contribution in [-0.2, 0) is 4.79 Å². The standard InChI is InChI=1S/C17H18N2O4/c1-3-18(4-2)17(20)11-9-15-8-10-16(23-15)13-6-5-7-14(12-13)19(21)22/h5-12H,3-4H2,1-2H3. The number of carbonyl (C=O) groups is 1. The minimum absolute atomic E-state index is 0.00713. The zero-order valence-corrected chi connectivity index (χ0v) is 13.1.